The number of thiazole rings is 1. The molecule has 0 saturated carbocycles. The number of aromatic nitrogens is 4. The first-order valence-electron chi connectivity index (χ1n) is 14.1. The van der Waals surface area contributed by atoms with Crippen LogP contribution in [0.15, 0.2) is 48.8 Å². The van der Waals surface area contributed by atoms with E-state index in [0.717, 1.165) is 11.1 Å². The standard InChI is InChI=1S/C31H29FN6O6S/c1-16-8-20(28-24(9-16)36-27(42-3)13-34-28)29-37-23-10-21(32)25(11-26(23)45-29)43-15-17(2)44-31(41)35-18-4-5-22(33-12-18)30(40)38-7-6-19(39)14-38/h4-5,8-13,17,19,39H,6-7,14-15H2,1-3H3,(H,35,41)/t17-,19-/m1/s1. The Morgan fingerprint density at radius 1 is 1.16 bits per heavy atom. The number of benzene rings is 2. The number of nitrogens with one attached hydrogen (secondary N) is 1. The molecule has 2 aromatic carbocycles. The molecule has 2 amide bonds. The zero-order valence-corrected chi connectivity index (χ0v) is 25.4. The van der Waals surface area contributed by atoms with Crippen LogP contribution in [0.2, 0.25) is 0 Å². The highest BCUT2D eigenvalue weighted by molar-refractivity contribution is 7.21. The Hall–Kier alpha value is -4.95. The Balaban J connectivity index is 1.08. The predicted molar refractivity (Wildman–Crippen MR) is 165 cm³/mol. The summed E-state index contributed by atoms with van der Waals surface area (Å²) >= 11 is 1.37. The molecule has 4 heterocycles. The first kappa shape index (κ1) is 30.1. The average Bonchev–Trinajstić information content (AvgIpc) is 3.64. The number of hydrogen-bond donors (Lipinski definition) is 2. The van der Waals surface area contributed by atoms with E-state index in [9.17, 15) is 19.1 Å². The van der Waals surface area contributed by atoms with Gasteiger partial charge in [-0.3, -0.25) is 10.1 Å². The number of amides is 2. The highest BCUT2D eigenvalue weighted by Gasteiger charge is 2.26. The van der Waals surface area contributed by atoms with Gasteiger partial charge in [-0.05, 0) is 50.1 Å². The summed E-state index contributed by atoms with van der Waals surface area (Å²) in [5, 5.41) is 12.9. The molecule has 12 nitrogen and oxygen atoms in total. The van der Waals surface area contributed by atoms with Crippen molar-refractivity contribution in [1.29, 1.82) is 0 Å². The number of methoxy groups -OCH3 is 1. The van der Waals surface area contributed by atoms with Gasteiger partial charge in [0.2, 0.25) is 5.88 Å². The number of nitrogens with zero attached hydrogens (tertiary/aromatic N) is 5. The van der Waals surface area contributed by atoms with Crippen LogP contribution in [0, 0.1) is 12.7 Å². The summed E-state index contributed by atoms with van der Waals surface area (Å²) in [6.45, 7) is 4.20. The maximum atomic E-state index is 15.0. The van der Waals surface area contributed by atoms with E-state index in [0.29, 0.717) is 50.8 Å². The predicted octanol–water partition coefficient (Wildman–Crippen LogP) is 4.98. The molecule has 2 atom stereocenters. The third-order valence-electron chi connectivity index (χ3n) is 7.11. The molecule has 0 bridgehead atoms. The molecule has 0 unspecified atom stereocenters. The number of pyridine rings is 1. The molecule has 0 radical (unpaired) electrons. The summed E-state index contributed by atoms with van der Waals surface area (Å²) in [7, 11) is 1.53. The number of halogens is 1. The Bertz CT molecular complexity index is 1900. The lowest BCUT2D eigenvalue weighted by Gasteiger charge is -2.16. The third-order valence-corrected chi connectivity index (χ3v) is 8.16. The molecule has 5 aromatic rings. The molecule has 1 saturated heterocycles. The van der Waals surface area contributed by atoms with Gasteiger partial charge >= 0.3 is 6.09 Å². The number of likely N-dealkylation sites (tertiary alicyclic amines) is 1. The van der Waals surface area contributed by atoms with Crippen LogP contribution in [0.1, 0.15) is 29.4 Å². The van der Waals surface area contributed by atoms with Gasteiger partial charge in [-0.1, -0.05) is 0 Å². The number of anilines is 1. The van der Waals surface area contributed by atoms with Crippen LogP contribution in [0.5, 0.6) is 11.6 Å². The van der Waals surface area contributed by atoms with Crippen molar-refractivity contribution in [2.45, 2.75) is 32.5 Å². The summed E-state index contributed by atoms with van der Waals surface area (Å²) in [6.07, 6.45) is 1.42. The van der Waals surface area contributed by atoms with E-state index in [-0.39, 0.29) is 30.5 Å². The molecule has 1 aliphatic heterocycles. The van der Waals surface area contributed by atoms with Gasteiger partial charge in [0, 0.05) is 30.8 Å². The number of β-amino-alcohol motifs (C(OH)–C–C–N with tert-alkyl or cyclic N) is 1. The van der Waals surface area contributed by atoms with Crippen LogP contribution in [0.4, 0.5) is 14.9 Å². The van der Waals surface area contributed by atoms with Gasteiger partial charge < -0.3 is 24.2 Å². The molecular weight excluding hydrogens is 603 g/mol. The molecule has 14 heteroatoms. The minimum Gasteiger partial charge on any atom is -0.487 e. The number of hydrogen-bond acceptors (Lipinski definition) is 11. The lowest BCUT2D eigenvalue weighted by Crippen LogP contribution is -2.30. The van der Waals surface area contributed by atoms with Crippen LogP contribution in [-0.4, -0.2) is 81.0 Å². The quantitative estimate of drug-likeness (QED) is 0.240. The second kappa shape index (κ2) is 12.6. The SMILES string of the molecule is COc1cnc2c(-c3nc4cc(F)c(OC[C@@H](C)OC(=O)Nc5ccc(C(=O)N6CC[C@@H](O)C6)nc5)cc4s3)cc(C)cc2n1. The van der Waals surface area contributed by atoms with E-state index in [1.165, 1.54) is 47.7 Å². The highest BCUT2D eigenvalue weighted by atomic mass is 32.1. The van der Waals surface area contributed by atoms with Crippen LogP contribution in [-0.2, 0) is 4.74 Å². The molecular formula is C31H29FN6O6S. The van der Waals surface area contributed by atoms with Gasteiger partial charge in [0.15, 0.2) is 11.6 Å². The van der Waals surface area contributed by atoms with E-state index < -0.39 is 24.1 Å². The maximum Gasteiger partial charge on any atom is 0.412 e. The largest absolute Gasteiger partial charge is 0.487 e. The zero-order valence-electron chi connectivity index (χ0n) is 24.6. The van der Waals surface area contributed by atoms with Crippen molar-refractivity contribution in [2.75, 3.05) is 32.1 Å². The Morgan fingerprint density at radius 3 is 2.73 bits per heavy atom. The number of aliphatic hydroxyl groups is 1. The molecule has 45 heavy (non-hydrogen) atoms. The first-order chi connectivity index (χ1) is 21.7. The fraction of sp³-hybridized carbons (Fsp3) is 0.290. The Labute approximate surface area is 260 Å². The molecule has 1 fully saturated rings. The number of fused-ring (bicyclic) bond motifs is 2. The summed E-state index contributed by atoms with van der Waals surface area (Å²) in [4.78, 5) is 44.2. The highest BCUT2D eigenvalue weighted by Crippen LogP contribution is 2.37. The zero-order chi connectivity index (χ0) is 31.7. The Morgan fingerprint density at radius 2 is 2.00 bits per heavy atom. The van der Waals surface area contributed by atoms with Crippen LogP contribution in [0.25, 0.3) is 31.8 Å². The number of aliphatic hydroxyl groups excluding tert-OH is 1. The molecule has 6 rings (SSSR count). The van der Waals surface area contributed by atoms with E-state index >= 15 is 0 Å². The lowest BCUT2D eigenvalue weighted by molar-refractivity contribution is 0.0759. The molecule has 0 aliphatic carbocycles. The van der Waals surface area contributed by atoms with Crippen molar-refractivity contribution in [2.24, 2.45) is 0 Å². The molecule has 232 valence electrons. The smallest absolute Gasteiger partial charge is 0.412 e. The summed E-state index contributed by atoms with van der Waals surface area (Å²) in [6, 6.07) is 9.78. The van der Waals surface area contributed by atoms with Crippen molar-refractivity contribution < 1.29 is 33.3 Å². The number of ether oxygens (including phenoxy) is 3. The lowest BCUT2D eigenvalue weighted by atomic mass is 10.1. The van der Waals surface area contributed by atoms with Gasteiger partial charge in [0.05, 0.1) is 52.5 Å². The van der Waals surface area contributed by atoms with Crippen molar-refractivity contribution in [3.8, 4) is 22.2 Å². The van der Waals surface area contributed by atoms with E-state index in [2.05, 4.69) is 25.3 Å². The fourth-order valence-electron chi connectivity index (χ4n) is 4.92. The number of aryl methyl sites for hydroxylation is 1. The van der Waals surface area contributed by atoms with Crippen LogP contribution in [0.3, 0.4) is 0 Å². The van der Waals surface area contributed by atoms with E-state index in [4.69, 9.17) is 14.2 Å². The maximum absolute atomic E-state index is 15.0. The summed E-state index contributed by atoms with van der Waals surface area (Å²) < 4.78 is 31.9. The molecule has 0 spiro atoms. The average molecular weight is 633 g/mol. The monoisotopic (exact) mass is 632 g/mol. The second-order valence-electron chi connectivity index (χ2n) is 10.6. The molecule has 2 N–H and O–H groups in total. The third kappa shape index (κ3) is 6.61. The number of carbonyl (C=O) groups excluding carboxylic acids is 2. The van der Waals surface area contributed by atoms with Crippen LogP contribution >= 0.6 is 11.3 Å². The summed E-state index contributed by atoms with van der Waals surface area (Å²) in [5.41, 5.74) is 4.08. The first-order valence-corrected chi connectivity index (χ1v) is 14.9. The van der Waals surface area contributed by atoms with E-state index in [1.807, 2.05) is 19.1 Å². The van der Waals surface area contributed by atoms with Crippen molar-refractivity contribution >= 4 is 50.3 Å². The Kier molecular flexibility index (Phi) is 8.41. The second-order valence-corrected chi connectivity index (χ2v) is 11.7. The fourth-order valence-corrected chi connectivity index (χ4v) is 5.91. The van der Waals surface area contributed by atoms with Gasteiger partial charge in [0.25, 0.3) is 5.91 Å². The van der Waals surface area contributed by atoms with E-state index in [1.54, 1.807) is 19.2 Å². The summed E-state index contributed by atoms with van der Waals surface area (Å²) in [5.74, 6) is -0.478. The molecule has 3 aromatic heterocycles. The van der Waals surface area contributed by atoms with Crippen molar-refractivity contribution in [3.63, 3.8) is 0 Å². The number of carbonyl (C=O) groups is 2. The van der Waals surface area contributed by atoms with Gasteiger partial charge in [0.1, 0.15) is 23.4 Å². The van der Waals surface area contributed by atoms with Gasteiger partial charge in [-0.2, -0.15) is 0 Å². The van der Waals surface area contributed by atoms with Crippen molar-refractivity contribution in [1.82, 2.24) is 24.8 Å². The van der Waals surface area contributed by atoms with Gasteiger partial charge in [-0.25, -0.2) is 29.1 Å². The topological polar surface area (TPSA) is 149 Å². The number of rotatable bonds is 8. The normalized spacial score (nSPS) is 15.3. The van der Waals surface area contributed by atoms with Gasteiger partial charge in [-0.15, -0.1) is 11.3 Å². The minimum absolute atomic E-state index is 0.00200. The van der Waals surface area contributed by atoms with Crippen molar-refractivity contribution in [3.05, 3.63) is 65.9 Å². The van der Waals surface area contributed by atoms with Crippen LogP contribution < -0.4 is 14.8 Å². The molecule has 1 aliphatic rings. The minimum atomic E-state index is -0.760.